The second kappa shape index (κ2) is 5.80. The molecule has 0 aromatic heterocycles. The molecule has 2 aliphatic heterocycles. The van der Waals surface area contributed by atoms with Crippen LogP contribution in [0.5, 0.6) is 5.75 Å². The first kappa shape index (κ1) is 17.3. The third-order valence-corrected chi connectivity index (χ3v) is 5.56. The minimum Gasteiger partial charge on any atom is -0.494 e. The van der Waals surface area contributed by atoms with Gasteiger partial charge in [-0.05, 0) is 12.8 Å². The van der Waals surface area contributed by atoms with Crippen molar-refractivity contribution in [3.63, 3.8) is 0 Å². The molecule has 1 spiro atoms. The maximum absolute atomic E-state index is 14.2. The molecule has 24 heavy (non-hydrogen) atoms. The first-order valence-corrected chi connectivity index (χ1v) is 8.67. The first-order chi connectivity index (χ1) is 11.2. The Morgan fingerprint density at radius 3 is 2.54 bits per heavy atom. The summed E-state index contributed by atoms with van der Waals surface area (Å²) < 4.78 is 19.5. The molecule has 4 nitrogen and oxygen atoms in total. The number of hydrogen-bond acceptors (Lipinski definition) is 3. The van der Waals surface area contributed by atoms with Crippen molar-refractivity contribution in [2.75, 3.05) is 32.1 Å². The monoisotopic (exact) mass is 354 g/mol. The number of likely N-dealkylation sites (tertiary alicyclic amines) is 1. The maximum Gasteiger partial charge on any atom is 0.227 e. The summed E-state index contributed by atoms with van der Waals surface area (Å²) in [6, 6.07) is 1.32. The molecule has 1 amide bonds. The largest absolute Gasteiger partial charge is 0.494 e. The van der Waals surface area contributed by atoms with E-state index in [9.17, 15) is 9.18 Å². The quantitative estimate of drug-likeness (QED) is 0.833. The van der Waals surface area contributed by atoms with Gasteiger partial charge in [0.1, 0.15) is 11.6 Å². The number of nitrogens with zero attached hydrogens (tertiary/aromatic N) is 1. The van der Waals surface area contributed by atoms with Crippen molar-refractivity contribution < 1.29 is 13.9 Å². The van der Waals surface area contributed by atoms with Crippen LogP contribution in [-0.2, 0) is 10.2 Å². The summed E-state index contributed by atoms with van der Waals surface area (Å²) in [5.74, 6) is 0.187. The Balaban J connectivity index is 1.90. The third kappa shape index (κ3) is 2.63. The van der Waals surface area contributed by atoms with E-state index in [2.05, 4.69) is 5.32 Å². The number of amides is 1. The number of fused-ring (bicyclic) bond motifs is 2. The van der Waals surface area contributed by atoms with Gasteiger partial charge in [0.25, 0.3) is 0 Å². The van der Waals surface area contributed by atoms with Gasteiger partial charge in [-0.3, -0.25) is 4.79 Å². The molecule has 0 atom stereocenters. The second-order valence-electron chi connectivity index (χ2n) is 7.80. The van der Waals surface area contributed by atoms with Crippen LogP contribution >= 0.6 is 11.6 Å². The number of rotatable bonds is 1. The lowest BCUT2D eigenvalue weighted by molar-refractivity contribution is -0.141. The van der Waals surface area contributed by atoms with Gasteiger partial charge in [-0.15, -0.1) is 0 Å². The van der Waals surface area contributed by atoms with Crippen LogP contribution in [0.25, 0.3) is 0 Å². The van der Waals surface area contributed by atoms with Gasteiger partial charge in [0.05, 0.1) is 17.8 Å². The topological polar surface area (TPSA) is 41.6 Å². The Bertz CT molecular complexity index is 677. The Kier molecular flexibility index (Phi) is 4.19. The molecule has 0 bridgehead atoms. The molecule has 1 saturated heterocycles. The van der Waals surface area contributed by atoms with Crippen molar-refractivity contribution in [3.05, 3.63) is 22.5 Å². The van der Waals surface area contributed by atoms with Crippen molar-refractivity contribution in [3.8, 4) is 5.75 Å². The van der Waals surface area contributed by atoms with E-state index < -0.39 is 5.82 Å². The number of halogens is 2. The van der Waals surface area contributed by atoms with Gasteiger partial charge in [0, 0.05) is 42.1 Å². The highest BCUT2D eigenvalue weighted by Crippen LogP contribution is 2.51. The summed E-state index contributed by atoms with van der Waals surface area (Å²) in [7, 11) is 1.53. The van der Waals surface area contributed by atoms with Gasteiger partial charge >= 0.3 is 0 Å². The van der Waals surface area contributed by atoms with Gasteiger partial charge < -0.3 is 15.0 Å². The molecule has 2 aliphatic rings. The standard InChI is InChI=1S/C18H24ClFN2O2/c1-17(2,3)16(23)22-7-5-18(6-8-22)10-21-15-12(24-4)9-11(20)14(19)13(15)18/h9,21H,5-8,10H2,1-4H3. The molecule has 0 unspecified atom stereocenters. The predicted molar refractivity (Wildman–Crippen MR) is 93.4 cm³/mol. The van der Waals surface area contributed by atoms with Crippen LogP contribution in [-0.4, -0.2) is 37.6 Å². The van der Waals surface area contributed by atoms with Crippen LogP contribution in [0, 0.1) is 11.2 Å². The Morgan fingerprint density at radius 1 is 1.38 bits per heavy atom. The molecule has 1 aromatic carbocycles. The fraction of sp³-hybridized carbons (Fsp3) is 0.611. The van der Waals surface area contributed by atoms with Gasteiger partial charge in [0.2, 0.25) is 5.91 Å². The minimum atomic E-state index is -0.455. The smallest absolute Gasteiger partial charge is 0.227 e. The molecular formula is C18H24ClFN2O2. The van der Waals surface area contributed by atoms with E-state index >= 15 is 0 Å². The van der Waals surface area contributed by atoms with E-state index in [1.807, 2.05) is 25.7 Å². The number of piperidine rings is 1. The molecule has 1 aromatic rings. The van der Waals surface area contributed by atoms with Crippen LogP contribution in [0.1, 0.15) is 39.2 Å². The normalized spacial score (nSPS) is 19.2. The molecule has 132 valence electrons. The zero-order valence-electron chi connectivity index (χ0n) is 14.6. The molecule has 3 rings (SSSR count). The van der Waals surface area contributed by atoms with Crippen LogP contribution in [0.15, 0.2) is 6.07 Å². The van der Waals surface area contributed by atoms with Crippen molar-refractivity contribution in [1.29, 1.82) is 0 Å². The molecule has 6 heteroatoms. The predicted octanol–water partition coefficient (Wildman–Crippen LogP) is 3.82. The number of hydrogen-bond donors (Lipinski definition) is 1. The summed E-state index contributed by atoms with van der Waals surface area (Å²) in [6.07, 6.45) is 1.53. The number of carbonyl (C=O) groups is 1. The van der Waals surface area contributed by atoms with E-state index in [0.717, 1.165) is 24.1 Å². The summed E-state index contributed by atoms with van der Waals surface area (Å²) >= 11 is 6.31. The fourth-order valence-electron chi connectivity index (χ4n) is 3.82. The average molecular weight is 355 g/mol. The van der Waals surface area contributed by atoms with Gasteiger partial charge in [-0.1, -0.05) is 32.4 Å². The highest BCUT2D eigenvalue weighted by molar-refractivity contribution is 6.32. The molecule has 0 aliphatic carbocycles. The summed E-state index contributed by atoms with van der Waals surface area (Å²) in [5.41, 5.74) is 0.975. The number of nitrogens with one attached hydrogen (secondary N) is 1. The highest BCUT2D eigenvalue weighted by atomic mass is 35.5. The Hall–Kier alpha value is -1.49. The number of ether oxygens (including phenoxy) is 1. The van der Waals surface area contributed by atoms with Crippen molar-refractivity contribution in [2.45, 2.75) is 39.0 Å². The van der Waals surface area contributed by atoms with Crippen LogP contribution in [0.3, 0.4) is 0 Å². The van der Waals surface area contributed by atoms with Crippen molar-refractivity contribution in [2.24, 2.45) is 5.41 Å². The van der Waals surface area contributed by atoms with E-state index in [4.69, 9.17) is 16.3 Å². The number of carbonyl (C=O) groups excluding carboxylic acids is 1. The molecular weight excluding hydrogens is 331 g/mol. The van der Waals surface area contributed by atoms with E-state index in [0.29, 0.717) is 25.4 Å². The molecule has 0 radical (unpaired) electrons. The van der Waals surface area contributed by atoms with Crippen LogP contribution in [0.2, 0.25) is 5.02 Å². The molecule has 1 N–H and O–H groups in total. The molecule has 1 fully saturated rings. The van der Waals surface area contributed by atoms with Gasteiger partial charge in [0.15, 0.2) is 0 Å². The average Bonchev–Trinajstić information content (AvgIpc) is 2.89. The van der Waals surface area contributed by atoms with E-state index in [1.165, 1.54) is 13.2 Å². The minimum absolute atomic E-state index is 0.159. The highest BCUT2D eigenvalue weighted by Gasteiger charge is 2.46. The summed E-state index contributed by atoms with van der Waals surface area (Å²) in [4.78, 5) is 14.4. The first-order valence-electron chi connectivity index (χ1n) is 8.29. The van der Waals surface area contributed by atoms with E-state index in [-0.39, 0.29) is 21.8 Å². The van der Waals surface area contributed by atoms with Crippen molar-refractivity contribution in [1.82, 2.24) is 4.90 Å². The second-order valence-corrected chi connectivity index (χ2v) is 8.18. The van der Waals surface area contributed by atoms with E-state index in [1.54, 1.807) is 0 Å². The fourth-order valence-corrected chi connectivity index (χ4v) is 4.17. The summed E-state index contributed by atoms with van der Waals surface area (Å²) in [5, 5.41) is 3.52. The zero-order valence-corrected chi connectivity index (χ0v) is 15.4. The lowest BCUT2D eigenvalue weighted by Gasteiger charge is -2.41. The Labute approximate surface area is 147 Å². The maximum atomic E-state index is 14.2. The number of methoxy groups -OCH3 is 1. The van der Waals surface area contributed by atoms with Crippen molar-refractivity contribution >= 4 is 23.2 Å². The Morgan fingerprint density at radius 2 is 2.00 bits per heavy atom. The third-order valence-electron chi connectivity index (χ3n) is 5.19. The lowest BCUT2D eigenvalue weighted by atomic mass is 9.73. The number of anilines is 1. The van der Waals surface area contributed by atoms with Gasteiger partial charge in [-0.25, -0.2) is 4.39 Å². The molecule has 2 heterocycles. The lowest BCUT2D eigenvalue weighted by Crippen LogP contribution is -2.49. The molecule has 0 saturated carbocycles. The van der Waals surface area contributed by atoms with Crippen LogP contribution in [0.4, 0.5) is 10.1 Å². The van der Waals surface area contributed by atoms with Crippen LogP contribution < -0.4 is 10.1 Å². The zero-order chi connectivity index (χ0) is 17.7. The van der Waals surface area contributed by atoms with Gasteiger partial charge in [-0.2, -0.15) is 0 Å². The number of benzene rings is 1. The SMILES string of the molecule is COc1cc(F)c(Cl)c2c1NCC21CCN(C(=O)C(C)(C)C)CC1. The summed E-state index contributed by atoms with van der Waals surface area (Å²) in [6.45, 7) is 7.81.